The third-order valence-electron chi connectivity index (χ3n) is 4.30. The third-order valence-corrected chi connectivity index (χ3v) is 4.30. The second-order valence-corrected chi connectivity index (χ2v) is 6.40. The number of anilines is 1. The number of nitrogens with one attached hydrogen (secondary N) is 1. The molecule has 1 aliphatic rings. The number of rotatable bonds is 5. The van der Waals surface area contributed by atoms with Crippen LogP contribution in [0.2, 0.25) is 0 Å². The number of aryl methyl sites for hydroxylation is 2. The Morgan fingerprint density at radius 3 is 2.57 bits per heavy atom. The highest BCUT2D eigenvalue weighted by Gasteiger charge is 2.12. The molecule has 3 nitrogen and oxygen atoms in total. The fourth-order valence-electron chi connectivity index (χ4n) is 2.94. The lowest BCUT2D eigenvalue weighted by atomic mass is 10.0. The van der Waals surface area contributed by atoms with Crippen LogP contribution in [-0.4, -0.2) is 12.5 Å². The number of carbonyl (C=O) groups is 1. The van der Waals surface area contributed by atoms with Crippen molar-refractivity contribution in [2.24, 2.45) is 0 Å². The van der Waals surface area contributed by atoms with Crippen molar-refractivity contribution < 1.29 is 9.53 Å². The first-order chi connectivity index (χ1) is 11.1. The van der Waals surface area contributed by atoms with Crippen molar-refractivity contribution in [3.63, 3.8) is 0 Å². The van der Waals surface area contributed by atoms with E-state index in [1.54, 1.807) is 0 Å². The van der Waals surface area contributed by atoms with Crippen molar-refractivity contribution in [2.45, 2.75) is 39.0 Å². The summed E-state index contributed by atoms with van der Waals surface area (Å²) in [6, 6.07) is 14.1. The van der Waals surface area contributed by atoms with E-state index in [0.717, 1.165) is 24.3 Å². The lowest BCUT2D eigenvalue weighted by Gasteiger charge is -2.10. The van der Waals surface area contributed by atoms with Crippen molar-refractivity contribution in [2.75, 3.05) is 11.9 Å². The largest absolute Gasteiger partial charge is 0.484 e. The predicted molar refractivity (Wildman–Crippen MR) is 93.1 cm³/mol. The Morgan fingerprint density at radius 2 is 1.83 bits per heavy atom. The van der Waals surface area contributed by atoms with Gasteiger partial charge in [0.15, 0.2) is 6.61 Å². The van der Waals surface area contributed by atoms with Crippen LogP contribution >= 0.6 is 0 Å². The van der Waals surface area contributed by atoms with E-state index in [1.807, 2.05) is 30.3 Å². The number of fused-ring (bicyclic) bond motifs is 1. The zero-order valence-electron chi connectivity index (χ0n) is 13.8. The Labute approximate surface area is 137 Å². The highest BCUT2D eigenvalue weighted by atomic mass is 16.5. The molecule has 0 radical (unpaired) electrons. The smallest absolute Gasteiger partial charge is 0.262 e. The van der Waals surface area contributed by atoms with E-state index >= 15 is 0 Å². The molecule has 2 aromatic rings. The van der Waals surface area contributed by atoms with Crippen molar-refractivity contribution in [1.29, 1.82) is 0 Å². The van der Waals surface area contributed by atoms with E-state index in [2.05, 4.69) is 31.3 Å². The average molecular weight is 309 g/mol. The van der Waals surface area contributed by atoms with Gasteiger partial charge in [0.2, 0.25) is 0 Å². The molecule has 0 fully saturated rings. The SMILES string of the molecule is CC(C)c1ccc(NC(=O)COc2ccc3c(c2)CCC3)cc1. The van der Waals surface area contributed by atoms with Crippen LogP contribution in [0.4, 0.5) is 5.69 Å². The van der Waals surface area contributed by atoms with Crippen LogP contribution in [-0.2, 0) is 17.6 Å². The lowest BCUT2D eigenvalue weighted by molar-refractivity contribution is -0.118. The molecule has 0 saturated carbocycles. The maximum Gasteiger partial charge on any atom is 0.262 e. The van der Waals surface area contributed by atoms with Gasteiger partial charge in [0.05, 0.1) is 0 Å². The van der Waals surface area contributed by atoms with Crippen molar-refractivity contribution in [1.82, 2.24) is 0 Å². The molecule has 1 amide bonds. The topological polar surface area (TPSA) is 38.3 Å². The van der Waals surface area contributed by atoms with Crippen LogP contribution in [0.15, 0.2) is 42.5 Å². The molecule has 120 valence electrons. The summed E-state index contributed by atoms with van der Waals surface area (Å²) in [5, 5.41) is 2.87. The number of carbonyl (C=O) groups excluding carboxylic acids is 1. The first-order valence-electron chi connectivity index (χ1n) is 8.26. The molecule has 0 unspecified atom stereocenters. The molecule has 0 bridgehead atoms. The number of hydrogen-bond acceptors (Lipinski definition) is 2. The van der Waals surface area contributed by atoms with Gasteiger partial charge in [-0.05, 0) is 66.1 Å². The van der Waals surface area contributed by atoms with E-state index in [-0.39, 0.29) is 12.5 Å². The van der Waals surface area contributed by atoms with Gasteiger partial charge in [0.1, 0.15) is 5.75 Å². The molecule has 23 heavy (non-hydrogen) atoms. The molecule has 3 rings (SSSR count). The highest BCUT2D eigenvalue weighted by Crippen LogP contribution is 2.26. The number of amides is 1. The molecule has 0 saturated heterocycles. The number of ether oxygens (including phenoxy) is 1. The maximum absolute atomic E-state index is 12.0. The fraction of sp³-hybridized carbons (Fsp3) is 0.350. The van der Waals surface area contributed by atoms with Gasteiger partial charge < -0.3 is 10.1 Å². The van der Waals surface area contributed by atoms with Crippen LogP contribution in [0.3, 0.4) is 0 Å². The summed E-state index contributed by atoms with van der Waals surface area (Å²) >= 11 is 0. The molecular formula is C20H23NO2. The molecule has 3 heteroatoms. The molecular weight excluding hydrogens is 286 g/mol. The van der Waals surface area contributed by atoms with Crippen molar-refractivity contribution in [3.05, 3.63) is 59.2 Å². The van der Waals surface area contributed by atoms with E-state index in [1.165, 1.54) is 23.1 Å². The second-order valence-electron chi connectivity index (χ2n) is 6.40. The second kappa shape index (κ2) is 6.86. The van der Waals surface area contributed by atoms with Gasteiger partial charge in [-0.15, -0.1) is 0 Å². The zero-order valence-corrected chi connectivity index (χ0v) is 13.8. The van der Waals surface area contributed by atoms with Gasteiger partial charge in [-0.2, -0.15) is 0 Å². The third kappa shape index (κ3) is 3.92. The molecule has 1 aliphatic carbocycles. The van der Waals surface area contributed by atoms with Crippen LogP contribution in [0.1, 0.15) is 42.9 Å². The van der Waals surface area contributed by atoms with Gasteiger partial charge in [-0.25, -0.2) is 0 Å². The minimum atomic E-state index is -0.136. The van der Waals surface area contributed by atoms with Gasteiger partial charge >= 0.3 is 0 Å². The van der Waals surface area contributed by atoms with Gasteiger partial charge in [-0.3, -0.25) is 4.79 Å². The maximum atomic E-state index is 12.0. The molecule has 0 atom stereocenters. The summed E-state index contributed by atoms with van der Waals surface area (Å²) in [7, 11) is 0. The van der Waals surface area contributed by atoms with Gasteiger partial charge in [-0.1, -0.05) is 32.0 Å². The van der Waals surface area contributed by atoms with E-state index < -0.39 is 0 Å². The average Bonchev–Trinajstić information content (AvgIpc) is 3.01. The number of benzene rings is 2. The van der Waals surface area contributed by atoms with Crippen LogP contribution in [0, 0.1) is 0 Å². The molecule has 0 aromatic heterocycles. The molecule has 2 aromatic carbocycles. The summed E-state index contributed by atoms with van der Waals surface area (Å²) < 4.78 is 5.62. The Hall–Kier alpha value is -2.29. The first kappa shape index (κ1) is 15.6. The van der Waals surface area contributed by atoms with Gasteiger partial charge in [0, 0.05) is 5.69 Å². The summed E-state index contributed by atoms with van der Waals surface area (Å²) in [6.45, 7) is 4.33. The van der Waals surface area contributed by atoms with E-state index in [4.69, 9.17) is 4.74 Å². The molecule has 1 N–H and O–H groups in total. The van der Waals surface area contributed by atoms with Crippen LogP contribution < -0.4 is 10.1 Å². The quantitative estimate of drug-likeness (QED) is 0.893. The van der Waals surface area contributed by atoms with E-state index in [0.29, 0.717) is 5.92 Å². The predicted octanol–water partition coefficient (Wildman–Crippen LogP) is 4.32. The summed E-state index contributed by atoms with van der Waals surface area (Å²) in [5.41, 5.74) is 4.83. The summed E-state index contributed by atoms with van der Waals surface area (Å²) in [6.07, 6.45) is 3.48. The van der Waals surface area contributed by atoms with Crippen molar-refractivity contribution >= 4 is 11.6 Å². The summed E-state index contributed by atoms with van der Waals surface area (Å²) in [4.78, 5) is 12.0. The minimum Gasteiger partial charge on any atom is -0.484 e. The standard InChI is InChI=1S/C20H23NO2/c1-14(2)15-6-9-18(10-7-15)21-20(22)13-23-19-11-8-16-4-3-5-17(16)12-19/h6-12,14H,3-5,13H2,1-2H3,(H,21,22). The minimum absolute atomic E-state index is 0.0325. The monoisotopic (exact) mass is 309 g/mol. The molecule has 0 spiro atoms. The van der Waals surface area contributed by atoms with Crippen molar-refractivity contribution in [3.8, 4) is 5.75 Å². The fourth-order valence-corrected chi connectivity index (χ4v) is 2.94. The highest BCUT2D eigenvalue weighted by molar-refractivity contribution is 5.91. The Bertz CT molecular complexity index is 689. The van der Waals surface area contributed by atoms with Gasteiger partial charge in [0.25, 0.3) is 5.91 Å². The lowest BCUT2D eigenvalue weighted by Crippen LogP contribution is -2.20. The number of hydrogen-bond donors (Lipinski definition) is 1. The summed E-state index contributed by atoms with van der Waals surface area (Å²) in [5.74, 6) is 1.13. The Morgan fingerprint density at radius 1 is 1.09 bits per heavy atom. The Balaban J connectivity index is 1.53. The van der Waals surface area contributed by atoms with Crippen LogP contribution in [0.25, 0.3) is 0 Å². The normalized spacial score (nSPS) is 13.0. The molecule has 0 aliphatic heterocycles. The molecule has 0 heterocycles. The zero-order chi connectivity index (χ0) is 16.2. The first-order valence-corrected chi connectivity index (χ1v) is 8.26. The Kier molecular flexibility index (Phi) is 4.65. The van der Waals surface area contributed by atoms with E-state index in [9.17, 15) is 4.79 Å². The van der Waals surface area contributed by atoms with Crippen LogP contribution in [0.5, 0.6) is 5.75 Å².